The van der Waals surface area contributed by atoms with Gasteiger partial charge in [0.1, 0.15) is 0 Å². The Morgan fingerprint density at radius 2 is 1.49 bits per heavy atom. The highest BCUT2D eigenvalue weighted by Crippen LogP contribution is 2.39. The minimum Gasteiger partial charge on any atom is -0.481 e. The molecule has 2 aliphatic rings. The molecule has 0 unspecified atom stereocenters. The van der Waals surface area contributed by atoms with Gasteiger partial charge in [0.25, 0.3) is 15.9 Å². The molecule has 49 heavy (non-hydrogen) atoms. The molecule has 2 saturated carbocycles. The van der Waals surface area contributed by atoms with Gasteiger partial charge in [-0.3, -0.25) is 14.3 Å². The average Bonchev–Trinajstić information content (AvgIpc) is 3.09. The maximum Gasteiger partial charge on any atom is 0.322 e. The number of carbonyl (C=O) groups excluding carboxylic acids is 2. The maximum absolute atomic E-state index is 14.1. The fraction of sp³-hybridized carbons (Fsp3) is 0.447. The molecule has 5 rings (SSSR count). The maximum atomic E-state index is 14.1. The second-order valence-corrected chi connectivity index (χ2v) is 15.2. The number of hydrogen-bond donors (Lipinski definition) is 4. The van der Waals surface area contributed by atoms with Crippen LogP contribution in [0.15, 0.2) is 71.6 Å². The molecular weight excluding hydrogens is 641 g/mol. The lowest BCUT2D eigenvalue weighted by molar-refractivity contribution is -0.136. The van der Waals surface area contributed by atoms with Gasteiger partial charge >= 0.3 is 12.0 Å². The van der Waals surface area contributed by atoms with Crippen LogP contribution in [0.1, 0.15) is 91.3 Å². The summed E-state index contributed by atoms with van der Waals surface area (Å²) in [4.78, 5) is 39.3. The number of para-hydroxylation sites is 1. The first-order valence-electron chi connectivity index (χ1n) is 17.4. The number of urea groups is 1. The Labute approximate surface area is 289 Å². The highest BCUT2D eigenvalue weighted by molar-refractivity contribution is 7.92. The number of carboxylic acids is 1. The van der Waals surface area contributed by atoms with Crippen molar-refractivity contribution in [1.82, 2.24) is 10.2 Å². The average molecular weight is 689 g/mol. The zero-order valence-electron chi connectivity index (χ0n) is 28.4. The number of sulfonamides is 1. The van der Waals surface area contributed by atoms with Gasteiger partial charge in [0.05, 0.1) is 17.0 Å². The number of rotatable bonds is 12. The van der Waals surface area contributed by atoms with Gasteiger partial charge < -0.3 is 20.6 Å². The van der Waals surface area contributed by atoms with E-state index in [1.54, 1.807) is 43.3 Å². The molecule has 0 bridgehead atoms. The summed E-state index contributed by atoms with van der Waals surface area (Å²) in [5, 5.41) is 14.5. The number of aryl methyl sites for hydroxylation is 2. The SMILES string of the molecule is Cc1ccccc1NS(=O)(=O)c1cc(NC(=O)N(Cc2ccc(C(=O)NCCC(=O)O)cc2)C2CCC(C3CCCCC3)CC2)ccc1C. The van der Waals surface area contributed by atoms with Gasteiger partial charge in [-0.15, -0.1) is 0 Å². The molecule has 3 amide bonds. The molecule has 0 spiro atoms. The molecule has 0 atom stereocenters. The first-order valence-corrected chi connectivity index (χ1v) is 18.8. The monoisotopic (exact) mass is 688 g/mol. The molecular formula is C38H48N4O6S. The zero-order valence-corrected chi connectivity index (χ0v) is 29.2. The first kappa shape index (κ1) is 35.9. The van der Waals surface area contributed by atoms with Gasteiger partial charge in [-0.2, -0.15) is 0 Å². The number of carbonyl (C=O) groups is 3. The Hall–Kier alpha value is -4.38. The van der Waals surface area contributed by atoms with Crippen molar-refractivity contribution < 1.29 is 27.9 Å². The third-order valence-electron chi connectivity index (χ3n) is 10.1. The Morgan fingerprint density at radius 1 is 0.816 bits per heavy atom. The van der Waals surface area contributed by atoms with Crippen LogP contribution in [-0.4, -0.2) is 48.9 Å². The van der Waals surface area contributed by atoms with E-state index in [4.69, 9.17) is 5.11 Å². The molecule has 3 aromatic rings. The number of aliphatic carboxylic acids is 1. The van der Waals surface area contributed by atoms with Crippen LogP contribution in [0.4, 0.5) is 16.2 Å². The molecule has 10 nitrogen and oxygen atoms in total. The summed E-state index contributed by atoms with van der Waals surface area (Å²) in [6, 6.07) is 18.8. The van der Waals surface area contributed by atoms with Crippen LogP contribution in [0.2, 0.25) is 0 Å². The van der Waals surface area contributed by atoms with E-state index in [0.29, 0.717) is 35.0 Å². The van der Waals surface area contributed by atoms with E-state index in [-0.39, 0.29) is 35.8 Å². The van der Waals surface area contributed by atoms with Crippen LogP contribution in [0.25, 0.3) is 0 Å². The summed E-state index contributed by atoms with van der Waals surface area (Å²) in [6.07, 6.45) is 10.3. The summed E-state index contributed by atoms with van der Waals surface area (Å²) < 4.78 is 29.6. The van der Waals surface area contributed by atoms with Crippen molar-refractivity contribution in [3.8, 4) is 0 Å². The summed E-state index contributed by atoms with van der Waals surface area (Å²) >= 11 is 0. The number of amides is 3. The predicted molar refractivity (Wildman–Crippen MR) is 191 cm³/mol. The van der Waals surface area contributed by atoms with E-state index in [1.165, 1.54) is 38.2 Å². The molecule has 0 aliphatic heterocycles. The van der Waals surface area contributed by atoms with E-state index in [1.807, 2.05) is 36.1 Å². The van der Waals surface area contributed by atoms with Crippen molar-refractivity contribution in [2.45, 2.75) is 95.5 Å². The Morgan fingerprint density at radius 3 is 2.16 bits per heavy atom. The molecule has 4 N–H and O–H groups in total. The molecule has 0 saturated heterocycles. The van der Waals surface area contributed by atoms with Crippen LogP contribution in [0.5, 0.6) is 0 Å². The Bertz CT molecular complexity index is 1730. The zero-order chi connectivity index (χ0) is 35.0. The fourth-order valence-corrected chi connectivity index (χ4v) is 8.65. The molecule has 2 aliphatic carbocycles. The highest BCUT2D eigenvalue weighted by atomic mass is 32.2. The molecule has 0 radical (unpaired) electrons. The number of anilines is 2. The van der Waals surface area contributed by atoms with Crippen LogP contribution in [0, 0.1) is 25.7 Å². The number of nitrogens with one attached hydrogen (secondary N) is 3. The van der Waals surface area contributed by atoms with Gasteiger partial charge in [-0.1, -0.05) is 68.5 Å². The number of carboxylic acid groups (broad SMARTS) is 1. The Balaban J connectivity index is 1.33. The lowest BCUT2D eigenvalue weighted by Gasteiger charge is -2.40. The van der Waals surface area contributed by atoms with Gasteiger partial charge in [-0.25, -0.2) is 13.2 Å². The number of benzene rings is 3. The van der Waals surface area contributed by atoms with Gasteiger partial charge in [0, 0.05) is 30.4 Å². The van der Waals surface area contributed by atoms with Crippen molar-refractivity contribution >= 4 is 39.3 Å². The predicted octanol–water partition coefficient (Wildman–Crippen LogP) is 7.48. The van der Waals surface area contributed by atoms with E-state index in [0.717, 1.165) is 42.7 Å². The highest BCUT2D eigenvalue weighted by Gasteiger charge is 2.33. The molecule has 2 fully saturated rings. The fourth-order valence-electron chi connectivity index (χ4n) is 7.25. The Kier molecular flexibility index (Phi) is 12.0. The largest absolute Gasteiger partial charge is 0.481 e. The van der Waals surface area contributed by atoms with Crippen molar-refractivity contribution in [1.29, 1.82) is 0 Å². The molecule has 262 valence electrons. The third-order valence-corrected chi connectivity index (χ3v) is 11.6. The van der Waals surface area contributed by atoms with E-state index in [9.17, 15) is 22.8 Å². The van der Waals surface area contributed by atoms with Crippen molar-refractivity contribution in [2.75, 3.05) is 16.6 Å². The van der Waals surface area contributed by atoms with Gasteiger partial charge in [-0.05, 0) is 98.4 Å². The van der Waals surface area contributed by atoms with E-state index < -0.39 is 16.0 Å². The summed E-state index contributed by atoms with van der Waals surface area (Å²) in [7, 11) is -3.93. The van der Waals surface area contributed by atoms with Crippen molar-refractivity contribution in [2.24, 2.45) is 11.8 Å². The van der Waals surface area contributed by atoms with Crippen LogP contribution < -0.4 is 15.4 Å². The summed E-state index contributed by atoms with van der Waals surface area (Å²) in [5.74, 6) is 0.119. The molecule has 3 aromatic carbocycles. The van der Waals surface area contributed by atoms with E-state index in [2.05, 4.69) is 15.4 Å². The second kappa shape index (κ2) is 16.3. The standard InChI is InChI=1S/C38H48N4O6S/c1-26-8-6-7-11-34(26)41-49(47,48)35-24-32(19-12-27(35)2)40-38(46)42(33-20-17-30(18-21-33)29-9-4-3-5-10-29)25-28-13-15-31(16-14-28)37(45)39-23-22-36(43)44/h6-8,11-16,19,24,29-30,33,41H,3-5,9-10,17-18,20-23,25H2,1-2H3,(H,39,45)(H,40,46)(H,43,44). The smallest absolute Gasteiger partial charge is 0.322 e. The van der Waals surface area contributed by atoms with Crippen LogP contribution in [-0.2, 0) is 21.4 Å². The van der Waals surface area contributed by atoms with Gasteiger partial charge in [0.15, 0.2) is 0 Å². The first-order chi connectivity index (χ1) is 23.5. The molecule has 0 heterocycles. The van der Waals surface area contributed by atoms with Crippen molar-refractivity contribution in [3.05, 3.63) is 89.0 Å². The normalized spacial score (nSPS) is 18.3. The second-order valence-electron chi connectivity index (χ2n) is 13.5. The minimum atomic E-state index is -3.93. The lowest BCUT2D eigenvalue weighted by Crippen LogP contribution is -2.44. The van der Waals surface area contributed by atoms with Gasteiger partial charge in [0.2, 0.25) is 0 Å². The third kappa shape index (κ3) is 9.62. The lowest BCUT2D eigenvalue weighted by atomic mass is 9.72. The van der Waals surface area contributed by atoms with Crippen LogP contribution in [0.3, 0.4) is 0 Å². The van der Waals surface area contributed by atoms with E-state index >= 15 is 0 Å². The van der Waals surface area contributed by atoms with Crippen LogP contribution >= 0.6 is 0 Å². The molecule has 0 aromatic heterocycles. The van der Waals surface area contributed by atoms with Crippen molar-refractivity contribution in [3.63, 3.8) is 0 Å². The quantitative estimate of drug-likeness (QED) is 0.155. The molecule has 11 heteroatoms. The number of nitrogens with zero attached hydrogens (tertiary/aromatic N) is 1. The minimum absolute atomic E-state index is 0.00945. The summed E-state index contributed by atoms with van der Waals surface area (Å²) in [5.41, 5.74) is 3.50. The summed E-state index contributed by atoms with van der Waals surface area (Å²) in [6.45, 7) is 3.92. The topological polar surface area (TPSA) is 145 Å². The number of hydrogen-bond acceptors (Lipinski definition) is 5.